The van der Waals surface area contributed by atoms with Gasteiger partial charge in [0.25, 0.3) is 0 Å². The first-order valence-corrected chi connectivity index (χ1v) is 5.29. The molecule has 6 nitrogen and oxygen atoms in total. The maximum Gasteiger partial charge on any atom is 0.303 e. The smallest absolute Gasteiger partial charge is 0.303 e. The Morgan fingerprint density at radius 3 is 2.62 bits per heavy atom. The van der Waals surface area contributed by atoms with Crippen molar-refractivity contribution in [2.45, 2.75) is 18.9 Å². The zero-order chi connectivity index (χ0) is 12.1. The maximum atomic E-state index is 11.6. The van der Waals surface area contributed by atoms with E-state index < -0.39 is 5.97 Å². The monoisotopic (exact) mass is 230 g/mol. The van der Waals surface area contributed by atoms with Gasteiger partial charge in [0.1, 0.15) is 0 Å². The number of carboxylic acid groups (broad SMARTS) is 1. The topological polar surface area (TPSA) is 92.9 Å². The number of carbonyl (C=O) groups excluding carboxylic acids is 1. The zero-order valence-corrected chi connectivity index (χ0v) is 9.39. The molecule has 1 aliphatic heterocycles. The molecule has 3 N–H and O–H groups in total. The van der Waals surface area contributed by atoms with Gasteiger partial charge in [-0.1, -0.05) is 0 Å². The van der Waals surface area contributed by atoms with E-state index in [0.29, 0.717) is 19.6 Å². The van der Waals surface area contributed by atoms with Crippen molar-refractivity contribution < 1.29 is 19.4 Å². The van der Waals surface area contributed by atoms with Gasteiger partial charge < -0.3 is 20.5 Å². The summed E-state index contributed by atoms with van der Waals surface area (Å²) in [5.41, 5.74) is 5.41. The largest absolute Gasteiger partial charge is 0.481 e. The van der Waals surface area contributed by atoms with Crippen LogP contribution in [0.15, 0.2) is 0 Å². The second-order valence-corrected chi connectivity index (χ2v) is 4.06. The van der Waals surface area contributed by atoms with Crippen molar-refractivity contribution in [3.8, 4) is 0 Å². The molecule has 1 fully saturated rings. The first-order valence-electron chi connectivity index (χ1n) is 5.29. The third kappa shape index (κ3) is 3.46. The van der Waals surface area contributed by atoms with E-state index in [4.69, 9.17) is 15.6 Å². The van der Waals surface area contributed by atoms with Gasteiger partial charge in [-0.05, 0) is 0 Å². The molecule has 1 rings (SSSR count). The number of amides is 1. The van der Waals surface area contributed by atoms with E-state index in [0.717, 1.165) is 0 Å². The summed E-state index contributed by atoms with van der Waals surface area (Å²) in [7, 11) is 1.52. The molecular weight excluding hydrogens is 212 g/mol. The SMILES string of the molecule is COC(CN)CC(=O)N1CC(CC(=O)O)C1. The lowest BCUT2D eigenvalue weighted by molar-refractivity contribution is -0.146. The first-order chi connectivity index (χ1) is 7.56. The molecule has 6 heteroatoms. The molecule has 16 heavy (non-hydrogen) atoms. The molecule has 0 aromatic heterocycles. The highest BCUT2D eigenvalue weighted by Gasteiger charge is 2.32. The van der Waals surface area contributed by atoms with Crippen LogP contribution in [0.2, 0.25) is 0 Å². The third-order valence-electron chi connectivity index (χ3n) is 2.77. The van der Waals surface area contributed by atoms with Crippen molar-refractivity contribution in [1.82, 2.24) is 4.90 Å². The van der Waals surface area contributed by atoms with Crippen LogP contribution in [0.4, 0.5) is 0 Å². The van der Waals surface area contributed by atoms with E-state index in [1.165, 1.54) is 7.11 Å². The number of nitrogens with zero attached hydrogens (tertiary/aromatic N) is 1. The van der Waals surface area contributed by atoms with Crippen LogP contribution in [0.3, 0.4) is 0 Å². The Bertz CT molecular complexity index is 260. The lowest BCUT2D eigenvalue weighted by atomic mass is 9.96. The number of aliphatic carboxylic acids is 1. The molecule has 92 valence electrons. The van der Waals surface area contributed by atoms with Gasteiger partial charge in [-0.15, -0.1) is 0 Å². The molecule has 0 aromatic rings. The average molecular weight is 230 g/mol. The number of hydrogen-bond donors (Lipinski definition) is 2. The lowest BCUT2D eigenvalue weighted by Gasteiger charge is -2.39. The molecule has 0 aromatic carbocycles. The van der Waals surface area contributed by atoms with Crippen LogP contribution in [0.25, 0.3) is 0 Å². The zero-order valence-electron chi connectivity index (χ0n) is 9.39. The highest BCUT2D eigenvalue weighted by Crippen LogP contribution is 2.20. The Morgan fingerprint density at radius 2 is 2.19 bits per heavy atom. The predicted octanol–water partition coefficient (Wildman–Crippen LogP) is -0.717. The van der Waals surface area contributed by atoms with E-state index in [-0.39, 0.29) is 30.8 Å². The van der Waals surface area contributed by atoms with Crippen molar-refractivity contribution in [1.29, 1.82) is 0 Å². The number of carbonyl (C=O) groups is 2. The van der Waals surface area contributed by atoms with Gasteiger partial charge in [-0.2, -0.15) is 0 Å². The van der Waals surface area contributed by atoms with Crippen LogP contribution in [-0.4, -0.2) is 54.7 Å². The minimum absolute atomic E-state index is 0.0149. The Kier molecular flexibility index (Phi) is 4.70. The molecular formula is C10H18N2O4. The fraction of sp³-hybridized carbons (Fsp3) is 0.800. The number of rotatable bonds is 6. The van der Waals surface area contributed by atoms with E-state index in [1.54, 1.807) is 4.90 Å². The number of methoxy groups -OCH3 is 1. The highest BCUT2D eigenvalue weighted by molar-refractivity contribution is 5.78. The maximum absolute atomic E-state index is 11.6. The first kappa shape index (κ1) is 12.9. The van der Waals surface area contributed by atoms with Gasteiger partial charge in [-0.25, -0.2) is 0 Å². The quantitative estimate of drug-likeness (QED) is 0.628. The number of nitrogens with two attached hydrogens (primary N) is 1. The lowest BCUT2D eigenvalue weighted by Crippen LogP contribution is -2.51. The number of ether oxygens (including phenoxy) is 1. The van der Waals surface area contributed by atoms with Crippen LogP contribution in [0, 0.1) is 5.92 Å². The molecule has 1 saturated heterocycles. The van der Waals surface area contributed by atoms with Crippen LogP contribution < -0.4 is 5.73 Å². The summed E-state index contributed by atoms with van der Waals surface area (Å²) in [5, 5.41) is 8.56. The molecule has 0 radical (unpaired) electrons. The van der Waals surface area contributed by atoms with Crippen LogP contribution in [-0.2, 0) is 14.3 Å². The van der Waals surface area contributed by atoms with Gasteiger partial charge in [0.2, 0.25) is 5.91 Å². The summed E-state index contributed by atoms with van der Waals surface area (Å²) < 4.78 is 5.01. The van der Waals surface area contributed by atoms with Crippen molar-refractivity contribution >= 4 is 11.9 Å². The molecule has 1 aliphatic rings. The molecule has 0 saturated carbocycles. The van der Waals surface area contributed by atoms with E-state index >= 15 is 0 Å². The number of carboxylic acids is 1. The van der Waals surface area contributed by atoms with Crippen molar-refractivity contribution in [2.24, 2.45) is 11.7 Å². The minimum atomic E-state index is -0.811. The van der Waals surface area contributed by atoms with Gasteiger partial charge in [0, 0.05) is 32.7 Å². The van der Waals surface area contributed by atoms with E-state index in [1.807, 2.05) is 0 Å². The summed E-state index contributed by atoms with van der Waals surface area (Å²) in [6, 6.07) is 0. The molecule has 0 aliphatic carbocycles. The third-order valence-corrected chi connectivity index (χ3v) is 2.77. The van der Waals surface area contributed by atoms with Gasteiger partial charge in [-0.3, -0.25) is 9.59 Å². The Labute approximate surface area is 94.3 Å². The molecule has 1 heterocycles. The van der Waals surface area contributed by atoms with Crippen molar-refractivity contribution in [3.63, 3.8) is 0 Å². The Balaban J connectivity index is 2.23. The summed E-state index contributed by atoms with van der Waals surface area (Å²) in [4.78, 5) is 23.7. The van der Waals surface area contributed by atoms with Gasteiger partial charge >= 0.3 is 5.97 Å². The van der Waals surface area contributed by atoms with Crippen molar-refractivity contribution in [2.75, 3.05) is 26.7 Å². The fourth-order valence-electron chi connectivity index (χ4n) is 1.74. The molecule has 0 bridgehead atoms. The Morgan fingerprint density at radius 1 is 1.56 bits per heavy atom. The number of hydrogen-bond acceptors (Lipinski definition) is 4. The van der Waals surface area contributed by atoms with E-state index in [2.05, 4.69) is 0 Å². The summed E-state index contributed by atoms with van der Waals surface area (Å²) in [5.74, 6) is -0.729. The fourth-order valence-corrected chi connectivity index (χ4v) is 1.74. The van der Waals surface area contributed by atoms with Gasteiger partial charge in [0.05, 0.1) is 18.9 Å². The summed E-state index contributed by atoms with van der Waals surface area (Å²) in [6.07, 6.45) is 0.160. The van der Waals surface area contributed by atoms with Crippen LogP contribution >= 0.6 is 0 Å². The molecule has 1 amide bonds. The highest BCUT2D eigenvalue weighted by atomic mass is 16.5. The standard InChI is InChI=1S/C10H18N2O4/c1-16-8(4-11)3-9(13)12-5-7(6-12)2-10(14)15/h7-8H,2-6,11H2,1H3,(H,14,15). The summed E-state index contributed by atoms with van der Waals surface area (Å²) in [6.45, 7) is 1.38. The van der Waals surface area contributed by atoms with Crippen LogP contribution in [0.1, 0.15) is 12.8 Å². The minimum Gasteiger partial charge on any atom is -0.481 e. The molecule has 0 spiro atoms. The van der Waals surface area contributed by atoms with E-state index in [9.17, 15) is 9.59 Å². The second kappa shape index (κ2) is 5.81. The Hall–Kier alpha value is -1.14. The van der Waals surface area contributed by atoms with Gasteiger partial charge in [0.15, 0.2) is 0 Å². The summed E-state index contributed by atoms with van der Waals surface area (Å²) >= 11 is 0. The molecule has 1 atom stereocenters. The second-order valence-electron chi connectivity index (χ2n) is 4.06. The molecule has 1 unspecified atom stereocenters. The normalized spacial score (nSPS) is 18.0. The predicted molar refractivity (Wildman–Crippen MR) is 56.8 cm³/mol. The number of likely N-dealkylation sites (tertiary alicyclic amines) is 1. The van der Waals surface area contributed by atoms with Crippen molar-refractivity contribution in [3.05, 3.63) is 0 Å². The average Bonchev–Trinajstić information content (AvgIpc) is 2.18. The van der Waals surface area contributed by atoms with Crippen LogP contribution in [0.5, 0.6) is 0 Å².